The van der Waals surface area contributed by atoms with Crippen molar-refractivity contribution in [3.8, 4) is 5.75 Å². The average molecular weight is 233 g/mol. The molecule has 0 aliphatic heterocycles. The largest absolute Gasteiger partial charge is 0.497 e. The lowest BCUT2D eigenvalue weighted by atomic mass is 9.84. The molecule has 0 aromatic heterocycles. The molecule has 2 unspecified atom stereocenters. The minimum Gasteiger partial charge on any atom is -0.497 e. The van der Waals surface area contributed by atoms with Crippen LogP contribution in [0, 0.1) is 5.92 Å². The lowest BCUT2D eigenvalue weighted by molar-refractivity contribution is 0.327. The second-order valence-corrected chi connectivity index (χ2v) is 5.01. The first-order valence-electron chi connectivity index (χ1n) is 6.72. The van der Waals surface area contributed by atoms with Crippen LogP contribution in [0.25, 0.3) is 0 Å². The zero-order valence-corrected chi connectivity index (χ0v) is 10.9. The summed E-state index contributed by atoms with van der Waals surface area (Å²) in [5, 5.41) is 3.64. The standard InChI is InChI=1S/C15H23NO/c1-3-12-6-4-7-13(10-12)16-14-8-5-9-15(11-14)17-2/h5,8-9,11-13,16H,3-4,6-7,10H2,1-2H3. The number of ether oxygens (including phenoxy) is 1. The number of methoxy groups -OCH3 is 1. The number of hydrogen-bond acceptors (Lipinski definition) is 2. The van der Waals surface area contributed by atoms with Gasteiger partial charge in [0.15, 0.2) is 0 Å². The molecule has 0 heterocycles. The summed E-state index contributed by atoms with van der Waals surface area (Å²) in [6.45, 7) is 2.30. The molecule has 0 radical (unpaired) electrons. The van der Waals surface area contributed by atoms with E-state index in [2.05, 4.69) is 24.4 Å². The van der Waals surface area contributed by atoms with Crippen LogP contribution in [0.1, 0.15) is 39.0 Å². The van der Waals surface area contributed by atoms with E-state index in [4.69, 9.17) is 4.74 Å². The maximum atomic E-state index is 5.25. The van der Waals surface area contributed by atoms with Crippen LogP contribution in [0.3, 0.4) is 0 Å². The Kier molecular flexibility index (Phi) is 4.29. The normalized spacial score (nSPS) is 24.4. The molecule has 0 amide bonds. The molecule has 1 aromatic carbocycles. The van der Waals surface area contributed by atoms with E-state index in [0.717, 1.165) is 11.7 Å². The van der Waals surface area contributed by atoms with E-state index in [0.29, 0.717) is 6.04 Å². The Balaban J connectivity index is 1.95. The number of nitrogens with one attached hydrogen (secondary N) is 1. The van der Waals surface area contributed by atoms with Crippen molar-refractivity contribution in [2.75, 3.05) is 12.4 Å². The number of rotatable bonds is 4. The van der Waals surface area contributed by atoms with Crippen LogP contribution >= 0.6 is 0 Å². The van der Waals surface area contributed by atoms with Crippen LogP contribution < -0.4 is 10.1 Å². The topological polar surface area (TPSA) is 21.3 Å². The van der Waals surface area contributed by atoms with Gasteiger partial charge in [-0.25, -0.2) is 0 Å². The fourth-order valence-corrected chi connectivity index (χ4v) is 2.74. The minimum atomic E-state index is 0.640. The van der Waals surface area contributed by atoms with Gasteiger partial charge in [-0.05, 0) is 30.9 Å². The predicted molar refractivity (Wildman–Crippen MR) is 72.7 cm³/mol. The van der Waals surface area contributed by atoms with Crippen LogP contribution in [0.2, 0.25) is 0 Å². The molecule has 0 bridgehead atoms. The van der Waals surface area contributed by atoms with Crippen LogP contribution in [-0.4, -0.2) is 13.2 Å². The van der Waals surface area contributed by atoms with E-state index < -0.39 is 0 Å². The second-order valence-electron chi connectivity index (χ2n) is 5.01. The van der Waals surface area contributed by atoms with E-state index in [-0.39, 0.29) is 0 Å². The van der Waals surface area contributed by atoms with Gasteiger partial charge < -0.3 is 10.1 Å². The molecule has 0 spiro atoms. The van der Waals surface area contributed by atoms with Gasteiger partial charge in [0, 0.05) is 17.8 Å². The quantitative estimate of drug-likeness (QED) is 0.846. The third-order valence-corrected chi connectivity index (χ3v) is 3.80. The van der Waals surface area contributed by atoms with Gasteiger partial charge in [-0.1, -0.05) is 32.3 Å². The molecule has 0 saturated heterocycles. The number of anilines is 1. The molecule has 1 aliphatic rings. The zero-order valence-electron chi connectivity index (χ0n) is 10.9. The molecule has 2 atom stereocenters. The zero-order chi connectivity index (χ0) is 12.1. The lowest BCUT2D eigenvalue weighted by Crippen LogP contribution is -2.27. The molecule has 2 heteroatoms. The van der Waals surface area contributed by atoms with Gasteiger partial charge >= 0.3 is 0 Å². The minimum absolute atomic E-state index is 0.640. The first kappa shape index (κ1) is 12.3. The van der Waals surface area contributed by atoms with E-state index in [1.54, 1.807) is 7.11 Å². The van der Waals surface area contributed by atoms with Crippen molar-refractivity contribution in [2.45, 2.75) is 45.1 Å². The Labute approximate surface area is 104 Å². The summed E-state index contributed by atoms with van der Waals surface area (Å²) in [6, 6.07) is 8.87. The summed E-state index contributed by atoms with van der Waals surface area (Å²) in [5.74, 6) is 1.84. The smallest absolute Gasteiger partial charge is 0.120 e. The monoisotopic (exact) mass is 233 g/mol. The van der Waals surface area contributed by atoms with Gasteiger partial charge in [-0.15, -0.1) is 0 Å². The molecule has 1 fully saturated rings. The van der Waals surface area contributed by atoms with Crippen molar-refractivity contribution >= 4 is 5.69 Å². The highest BCUT2D eigenvalue weighted by molar-refractivity contribution is 5.48. The van der Waals surface area contributed by atoms with Crippen LogP contribution in [-0.2, 0) is 0 Å². The third kappa shape index (κ3) is 3.39. The van der Waals surface area contributed by atoms with Crippen molar-refractivity contribution in [2.24, 2.45) is 5.92 Å². The highest BCUT2D eigenvalue weighted by Gasteiger charge is 2.20. The molecule has 94 valence electrons. The van der Waals surface area contributed by atoms with Crippen molar-refractivity contribution in [3.05, 3.63) is 24.3 Å². The summed E-state index contributed by atoms with van der Waals surface area (Å²) in [7, 11) is 1.72. The fraction of sp³-hybridized carbons (Fsp3) is 0.600. The summed E-state index contributed by atoms with van der Waals surface area (Å²) in [4.78, 5) is 0. The summed E-state index contributed by atoms with van der Waals surface area (Å²) >= 11 is 0. The molecular formula is C15H23NO. The van der Waals surface area contributed by atoms with E-state index in [1.807, 2.05) is 12.1 Å². The van der Waals surface area contributed by atoms with Gasteiger partial charge in [-0.3, -0.25) is 0 Å². The summed E-state index contributed by atoms with van der Waals surface area (Å²) in [5.41, 5.74) is 1.19. The van der Waals surface area contributed by atoms with E-state index >= 15 is 0 Å². The predicted octanol–water partition coefficient (Wildman–Crippen LogP) is 4.08. The SMILES string of the molecule is CCC1CCCC(Nc2cccc(OC)c2)C1. The second kappa shape index (κ2) is 5.95. The number of benzene rings is 1. The van der Waals surface area contributed by atoms with Crippen molar-refractivity contribution in [1.29, 1.82) is 0 Å². The van der Waals surface area contributed by atoms with Gasteiger partial charge in [0.05, 0.1) is 7.11 Å². The van der Waals surface area contributed by atoms with E-state index in [1.165, 1.54) is 37.8 Å². The van der Waals surface area contributed by atoms with Gasteiger partial charge in [0.25, 0.3) is 0 Å². The molecule has 2 rings (SSSR count). The van der Waals surface area contributed by atoms with Crippen molar-refractivity contribution in [3.63, 3.8) is 0 Å². The van der Waals surface area contributed by atoms with Crippen molar-refractivity contribution < 1.29 is 4.74 Å². The summed E-state index contributed by atoms with van der Waals surface area (Å²) in [6.07, 6.45) is 6.70. The highest BCUT2D eigenvalue weighted by atomic mass is 16.5. The van der Waals surface area contributed by atoms with Crippen molar-refractivity contribution in [1.82, 2.24) is 0 Å². The molecule has 1 saturated carbocycles. The van der Waals surface area contributed by atoms with Crippen LogP contribution in [0.4, 0.5) is 5.69 Å². The molecule has 1 aliphatic carbocycles. The van der Waals surface area contributed by atoms with Crippen LogP contribution in [0.5, 0.6) is 5.75 Å². The first-order valence-corrected chi connectivity index (χ1v) is 6.72. The maximum Gasteiger partial charge on any atom is 0.120 e. The van der Waals surface area contributed by atoms with Gasteiger partial charge in [-0.2, -0.15) is 0 Å². The Morgan fingerprint density at radius 1 is 1.35 bits per heavy atom. The Hall–Kier alpha value is -1.18. The Bertz CT molecular complexity index is 351. The molecule has 1 aromatic rings. The van der Waals surface area contributed by atoms with E-state index in [9.17, 15) is 0 Å². The average Bonchev–Trinajstić information content (AvgIpc) is 2.39. The van der Waals surface area contributed by atoms with Gasteiger partial charge in [0.2, 0.25) is 0 Å². The van der Waals surface area contributed by atoms with Gasteiger partial charge in [0.1, 0.15) is 5.75 Å². The third-order valence-electron chi connectivity index (χ3n) is 3.80. The Morgan fingerprint density at radius 3 is 3.00 bits per heavy atom. The lowest BCUT2D eigenvalue weighted by Gasteiger charge is -2.29. The highest BCUT2D eigenvalue weighted by Crippen LogP contribution is 2.29. The maximum absolute atomic E-state index is 5.25. The molecule has 17 heavy (non-hydrogen) atoms. The first-order chi connectivity index (χ1) is 8.31. The number of hydrogen-bond donors (Lipinski definition) is 1. The molecule has 1 N–H and O–H groups in total. The molecule has 2 nitrogen and oxygen atoms in total. The summed E-state index contributed by atoms with van der Waals surface area (Å²) < 4.78 is 5.25. The molecular weight excluding hydrogens is 210 g/mol. The fourth-order valence-electron chi connectivity index (χ4n) is 2.74. The van der Waals surface area contributed by atoms with Crippen LogP contribution in [0.15, 0.2) is 24.3 Å². The Morgan fingerprint density at radius 2 is 2.24 bits per heavy atom.